The molecule has 2 rings (SSSR count). The van der Waals surface area contributed by atoms with E-state index in [2.05, 4.69) is 31.8 Å². The molecule has 1 atom stereocenters. The van der Waals surface area contributed by atoms with Crippen LogP contribution in [0, 0.1) is 5.92 Å². The lowest BCUT2D eigenvalue weighted by Crippen LogP contribution is -2.29. The van der Waals surface area contributed by atoms with Crippen LogP contribution in [-0.2, 0) is 4.74 Å². The summed E-state index contributed by atoms with van der Waals surface area (Å²) in [7, 11) is -1.52. The predicted octanol–water partition coefficient (Wildman–Crippen LogP) is 3.33. The molecule has 0 unspecified atom stereocenters. The second-order valence-corrected chi connectivity index (χ2v) is 10.7. The van der Waals surface area contributed by atoms with E-state index in [-0.39, 0.29) is 6.04 Å². The molecular weight excluding hydrogens is 254 g/mol. The van der Waals surface area contributed by atoms with Crippen LogP contribution in [0.5, 0.6) is 5.75 Å². The van der Waals surface area contributed by atoms with Gasteiger partial charge in [0.05, 0.1) is 0 Å². The van der Waals surface area contributed by atoms with Crippen LogP contribution in [0.4, 0.5) is 0 Å². The zero-order chi connectivity index (χ0) is 13.9. The van der Waals surface area contributed by atoms with E-state index in [9.17, 15) is 0 Å². The first-order valence-corrected chi connectivity index (χ1v) is 10.5. The van der Waals surface area contributed by atoms with Crippen LogP contribution in [0.25, 0.3) is 0 Å². The fraction of sp³-hybridized carbons (Fsp3) is 0.600. The summed E-state index contributed by atoms with van der Waals surface area (Å²) in [6.45, 7) is 8.25. The number of ether oxygens (including phenoxy) is 1. The third-order valence-electron chi connectivity index (χ3n) is 3.46. The monoisotopic (exact) mass is 279 g/mol. The van der Waals surface area contributed by atoms with Crippen LogP contribution in [0.15, 0.2) is 24.3 Å². The van der Waals surface area contributed by atoms with Gasteiger partial charge in [-0.3, -0.25) is 0 Å². The quantitative estimate of drug-likeness (QED) is 0.860. The summed E-state index contributed by atoms with van der Waals surface area (Å²) >= 11 is 0. The fourth-order valence-corrected chi connectivity index (χ4v) is 3.30. The molecule has 1 fully saturated rings. The van der Waals surface area contributed by atoms with Crippen LogP contribution in [0.3, 0.4) is 0 Å². The van der Waals surface area contributed by atoms with Crippen molar-refractivity contribution in [3.8, 4) is 5.75 Å². The van der Waals surface area contributed by atoms with Gasteiger partial charge < -0.3 is 14.9 Å². The fourth-order valence-electron chi connectivity index (χ4n) is 2.46. The lowest BCUT2D eigenvalue weighted by atomic mass is 9.88. The van der Waals surface area contributed by atoms with Gasteiger partial charge in [-0.25, -0.2) is 0 Å². The minimum atomic E-state index is -1.52. The van der Waals surface area contributed by atoms with Crippen molar-refractivity contribution in [2.75, 3.05) is 13.2 Å². The smallest absolute Gasteiger partial charge is 0.242 e. The SMILES string of the molecule is C[Si](C)(C)Oc1ccc([C@@H](N)C2CCOCC2)cc1. The Hall–Kier alpha value is -0.843. The van der Waals surface area contributed by atoms with Crippen LogP contribution in [-0.4, -0.2) is 21.5 Å². The van der Waals surface area contributed by atoms with Crippen LogP contribution in [0.1, 0.15) is 24.4 Å². The van der Waals surface area contributed by atoms with E-state index in [1.54, 1.807) is 0 Å². The molecule has 0 aromatic heterocycles. The van der Waals surface area contributed by atoms with Crippen molar-refractivity contribution in [2.24, 2.45) is 11.7 Å². The first kappa shape index (κ1) is 14.6. The lowest BCUT2D eigenvalue weighted by Gasteiger charge is -2.28. The van der Waals surface area contributed by atoms with Crippen LogP contribution >= 0.6 is 0 Å². The van der Waals surface area contributed by atoms with Gasteiger partial charge in [-0.05, 0) is 56.1 Å². The highest BCUT2D eigenvalue weighted by Gasteiger charge is 2.22. The van der Waals surface area contributed by atoms with E-state index in [1.165, 1.54) is 5.56 Å². The van der Waals surface area contributed by atoms with Crippen molar-refractivity contribution in [1.29, 1.82) is 0 Å². The van der Waals surface area contributed by atoms with Gasteiger partial charge in [0.15, 0.2) is 0 Å². The molecule has 1 aliphatic heterocycles. The van der Waals surface area contributed by atoms with Crippen molar-refractivity contribution < 1.29 is 9.16 Å². The Morgan fingerprint density at radius 3 is 2.26 bits per heavy atom. The van der Waals surface area contributed by atoms with Crippen molar-refractivity contribution in [2.45, 2.75) is 38.5 Å². The summed E-state index contributed by atoms with van der Waals surface area (Å²) in [5.41, 5.74) is 7.56. The molecule has 0 spiro atoms. The van der Waals surface area contributed by atoms with E-state index in [0.29, 0.717) is 5.92 Å². The first-order valence-electron chi connectivity index (χ1n) is 7.08. The van der Waals surface area contributed by atoms with Crippen molar-refractivity contribution >= 4 is 8.32 Å². The molecule has 0 bridgehead atoms. The molecule has 1 aliphatic rings. The third kappa shape index (κ3) is 4.33. The van der Waals surface area contributed by atoms with E-state index in [4.69, 9.17) is 14.9 Å². The average molecular weight is 279 g/mol. The number of hydrogen-bond acceptors (Lipinski definition) is 3. The molecule has 0 aliphatic carbocycles. The second-order valence-electron chi connectivity index (χ2n) is 6.26. The minimum absolute atomic E-state index is 0.116. The number of benzene rings is 1. The van der Waals surface area contributed by atoms with Gasteiger partial charge in [0.1, 0.15) is 5.75 Å². The second kappa shape index (κ2) is 6.07. The Balaban J connectivity index is 2.01. The summed E-state index contributed by atoms with van der Waals surface area (Å²) in [5.74, 6) is 1.50. The number of nitrogens with two attached hydrogens (primary N) is 1. The number of hydrogen-bond donors (Lipinski definition) is 1. The molecule has 0 saturated carbocycles. The lowest BCUT2D eigenvalue weighted by molar-refractivity contribution is 0.0584. The minimum Gasteiger partial charge on any atom is -0.544 e. The Morgan fingerprint density at radius 1 is 1.16 bits per heavy atom. The standard InChI is InChI=1S/C15H25NO2Si/c1-19(2,3)18-14-6-4-12(5-7-14)15(16)13-8-10-17-11-9-13/h4-7,13,15H,8-11,16H2,1-3H3/t15-/m1/s1. The Bertz CT molecular complexity index is 394. The van der Waals surface area contributed by atoms with E-state index < -0.39 is 8.32 Å². The first-order chi connectivity index (χ1) is 8.96. The maximum atomic E-state index is 6.36. The Kier molecular flexibility index (Phi) is 4.65. The molecule has 106 valence electrons. The summed E-state index contributed by atoms with van der Waals surface area (Å²) in [4.78, 5) is 0. The van der Waals surface area contributed by atoms with Gasteiger partial charge in [0.25, 0.3) is 0 Å². The zero-order valence-electron chi connectivity index (χ0n) is 12.2. The van der Waals surface area contributed by atoms with Crippen molar-refractivity contribution in [3.63, 3.8) is 0 Å². The van der Waals surface area contributed by atoms with Gasteiger partial charge in [-0.2, -0.15) is 0 Å². The van der Waals surface area contributed by atoms with Gasteiger partial charge in [-0.15, -0.1) is 0 Å². The number of rotatable bonds is 4. The summed E-state index contributed by atoms with van der Waals surface area (Å²) in [5, 5.41) is 0. The normalized spacial score (nSPS) is 19.2. The maximum absolute atomic E-state index is 6.36. The maximum Gasteiger partial charge on any atom is 0.242 e. The largest absolute Gasteiger partial charge is 0.544 e. The van der Waals surface area contributed by atoms with E-state index in [0.717, 1.165) is 31.8 Å². The third-order valence-corrected chi connectivity index (χ3v) is 4.31. The molecule has 2 N–H and O–H groups in total. The van der Waals surface area contributed by atoms with Gasteiger partial charge in [-0.1, -0.05) is 12.1 Å². The van der Waals surface area contributed by atoms with Gasteiger partial charge in [0.2, 0.25) is 8.32 Å². The highest BCUT2D eigenvalue weighted by molar-refractivity contribution is 6.70. The Labute approximate surface area is 117 Å². The summed E-state index contributed by atoms with van der Waals surface area (Å²) in [6.07, 6.45) is 2.13. The molecular formula is C15H25NO2Si. The molecule has 0 radical (unpaired) electrons. The Morgan fingerprint density at radius 2 is 1.74 bits per heavy atom. The molecule has 1 aromatic rings. The molecule has 1 saturated heterocycles. The van der Waals surface area contributed by atoms with E-state index >= 15 is 0 Å². The average Bonchev–Trinajstić information content (AvgIpc) is 2.38. The summed E-state index contributed by atoms with van der Waals surface area (Å²) < 4.78 is 11.3. The van der Waals surface area contributed by atoms with Crippen molar-refractivity contribution in [1.82, 2.24) is 0 Å². The van der Waals surface area contributed by atoms with Crippen molar-refractivity contribution in [3.05, 3.63) is 29.8 Å². The molecule has 1 aromatic carbocycles. The van der Waals surface area contributed by atoms with Gasteiger partial charge >= 0.3 is 0 Å². The molecule has 1 heterocycles. The predicted molar refractivity (Wildman–Crippen MR) is 80.9 cm³/mol. The molecule has 4 heteroatoms. The molecule has 3 nitrogen and oxygen atoms in total. The molecule has 0 amide bonds. The summed E-state index contributed by atoms with van der Waals surface area (Å²) in [6, 6.07) is 8.43. The highest BCUT2D eigenvalue weighted by Crippen LogP contribution is 2.29. The van der Waals surface area contributed by atoms with Gasteiger partial charge in [0, 0.05) is 19.3 Å². The topological polar surface area (TPSA) is 44.5 Å². The van der Waals surface area contributed by atoms with Crippen LogP contribution in [0.2, 0.25) is 19.6 Å². The van der Waals surface area contributed by atoms with E-state index in [1.807, 2.05) is 12.1 Å². The molecule has 19 heavy (non-hydrogen) atoms. The van der Waals surface area contributed by atoms with Crippen LogP contribution < -0.4 is 10.2 Å². The zero-order valence-corrected chi connectivity index (χ0v) is 13.2. The highest BCUT2D eigenvalue weighted by atomic mass is 28.4.